The smallest absolute Gasteiger partial charge is 0.308 e. The van der Waals surface area contributed by atoms with Crippen LogP contribution in [0.5, 0.6) is 5.75 Å². The molecule has 0 radical (unpaired) electrons. The number of ether oxygens (including phenoxy) is 2. The third kappa shape index (κ3) is 5.87. The third-order valence-electron chi connectivity index (χ3n) is 3.11. The molecule has 0 aliphatic carbocycles. The van der Waals surface area contributed by atoms with Crippen LogP contribution < -0.4 is 4.74 Å². The molecule has 0 saturated carbocycles. The highest BCUT2D eigenvalue weighted by molar-refractivity contribution is 5.75. The van der Waals surface area contributed by atoms with Gasteiger partial charge in [-0.1, -0.05) is 19.1 Å². The number of ketones is 1. The van der Waals surface area contributed by atoms with Crippen LogP contribution in [0.4, 0.5) is 0 Å². The largest absolute Gasteiger partial charge is 0.497 e. The Balaban J connectivity index is 2.32. The van der Waals surface area contributed by atoms with Crippen molar-refractivity contribution in [3.8, 4) is 5.75 Å². The summed E-state index contributed by atoms with van der Waals surface area (Å²) in [6.07, 6.45) is 1.94. The minimum Gasteiger partial charge on any atom is -0.497 e. The Morgan fingerprint density at radius 2 is 1.85 bits per heavy atom. The van der Waals surface area contributed by atoms with Crippen molar-refractivity contribution in [1.29, 1.82) is 0 Å². The van der Waals surface area contributed by atoms with Crippen molar-refractivity contribution in [2.24, 2.45) is 5.92 Å². The average Bonchev–Trinajstić information content (AvgIpc) is 2.44. The van der Waals surface area contributed by atoms with Crippen LogP contribution in [0.25, 0.3) is 0 Å². The molecule has 0 bridgehead atoms. The maximum Gasteiger partial charge on any atom is 0.308 e. The van der Waals surface area contributed by atoms with Gasteiger partial charge in [0.25, 0.3) is 0 Å². The highest BCUT2D eigenvalue weighted by Crippen LogP contribution is 2.14. The van der Waals surface area contributed by atoms with Gasteiger partial charge in [0.15, 0.2) is 0 Å². The van der Waals surface area contributed by atoms with Gasteiger partial charge in [-0.3, -0.25) is 4.79 Å². The highest BCUT2D eigenvalue weighted by Gasteiger charge is 2.14. The van der Waals surface area contributed by atoms with Crippen molar-refractivity contribution in [2.45, 2.75) is 39.7 Å². The Labute approximate surface area is 120 Å². The zero-order chi connectivity index (χ0) is 15.0. The molecule has 0 aromatic heterocycles. The minimum absolute atomic E-state index is 0.156. The summed E-state index contributed by atoms with van der Waals surface area (Å²) in [6, 6.07) is 7.40. The molecule has 0 heterocycles. The van der Waals surface area contributed by atoms with E-state index in [1.807, 2.05) is 31.2 Å². The van der Waals surface area contributed by atoms with E-state index in [0.717, 1.165) is 17.7 Å². The molecule has 0 aliphatic heterocycles. The second-order valence-electron chi connectivity index (χ2n) is 4.95. The summed E-state index contributed by atoms with van der Waals surface area (Å²) in [5, 5.41) is 0. The van der Waals surface area contributed by atoms with Gasteiger partial charge in [0, 0.05) is 6.42 Å². The van der Waals surface area contributed by atoms with Crippen molar-refractivity contribution in [3.63, 3.8) is 0 Å². The predicted molar refractivity (Wildman–Crippen MR) is 76.5 cm³/mol. The Kier molecular flexibility index (Phi) is 6.77. The van der Waals surface area contributed by atoms with Crippen LogP contribution >= 0.6 is 0 Å². The molecule has 0 amide bonds. The molecule has 0 fully saturated rings. The van der Waals surface area contributed by atoms with E-state index in [-0.39, 0.29) is 24.3 Å². The number of hydrogen-bond acceptors (Lipinski definition) is 4. The third-order valence-corrected chi connectivity index (χ3v) is 3.11. The van der Waals surface area contributed by atoms with Gasteiger partial charge >= 0.3 is 5.97 Å². The van der Waals surface area contributed by atoms with Crippen LogP contribution in [0, 0.1) is 5.92 Å². The lowest BCUT2D eigenvalue weighted by Crippen LogP contribution is -2.15. The highest BCUT2D eigenvalue weighted by atomic mass is 16.5. The monoisotopic (exact) mass is 278 g/mol. The molecule has 110 valence electrons. The number of rotatable bonds is 8. The quantitative estimate of drug-likeness (QED) is 0.685. The van der Waals surface area contributed by atoms with Gasteiger partial charge < -0.3 is 14.3 Å². The van der Waals surface area contributed by atoms with E-state index in [4.69, 9.17) is 9.47 Å². The van der Waals surface area contributed by atoms with Crippen molar-refractivity contribution < 1.29 is 19.1 Å². The first-order valence-corrected chi connectivity index (χ1v) is 6.82. The summed E-state index contributed by atoms with van der Waals surface area (Å²) in [7, 11) is 1.61. The average molecular weight is 278 g/mol. The van der Waals surface area contributed by atoms with Crippen molar-refractivity contribution >= 4 is 11.8 Å². The molecule has 1 aromatic carbocycles. The van der Waals surface area contributed by atoms with E-state index < -0.39 is 0 Å². The summed E-state index contributed by atoms with van der Waals surface area (Å²) in [6.45, 7) is 3.66. The fourth-order valence-electron chi connectivity index (χ4n) is 1.79. The predicted octanol–water partition coefficient (Wildman–Crippen LogP) is 3.13. The molecule has 0 spiro atoms. The van der Waals surface area contributed by atoms with E-state index >= 15 is 0 Å². The van der Waals surface area contributed by atoms with Gasteiger partial charge in [-0.25, -0.2) is 0 Å². The van der Waals surface area contributed by atoms with E-state index in [0.29, 0.717) is 12.8 Å². The Morgan fingerprint density at radius 1 is 1.20 bits per heavy atom. The number of esters is 1. The molecular formula is C16H22O4. The van der Waals surface area contributed by atoms with Gasteiger partial charge in [0.2, 0.25) is 0 Å². The van der Waals surface area contributed by atoms with Gasteiger partial charge in [0.05, 0.1) is 13.0 Å². The number of hydrogen-bond donors (Lipinski definition) is 0. The van der Waals surface area contributed by atoms with Gasteiger partial charge in [-0.15, -0.1) is 0 Å². The Bertz CT molecular complexity index is 436. The SMILES string of the molecule is COc1ccc(COC(=O)C(C)CCCC(C)=O)cc1. The van der Waals surface area contributed by atoms with E-state index in [1.165, 1.54) is 0 Å². The topological polar surface area (TPSA) is 52.6 Å². The zero-order valence-electron chi connectivity index (χ0n) is 12.3. The molecule has 4 heteroatoms. The minimum atomic E-state index is -0.218. The second-order valence-corrected chi connectivity index (χ2v) is 4.95. The molecule has 0 saturated heterocycles. The molecule has 1 rings (SSSR count). The first-order valence-electron chi connectivity index (χ1n) is 6.82. The molecule has 1 atom stereocenters. The first-order chi connectivity index (χ1) is 9.52. The van der Waals surface area contributed by atoms with E-state index in [2.05, 4.69) is 0 Å². The van der Waals surface area contributed by atoms with E-state index in [1.54, 1.807) is 14.0 Å². The number of Topliss-reactive ketones (excluding diaryl/α,β-unsaturated/α-hetero) is 1. The van der Waals surface area contributed by atoms with Gasteiger partial charge in [-0.05, 0) is 37.5 Å². The summed E-state index contributed by atoms with van der Waals surface area (Å²) in [5.74, 6) is 0.540. The van der Waals surface area contributed by atoms with Crippen LogP contribution in [-0.4, -0.2) is 18.9 Å². The standard InChI is InChI=1S/C16H22O4/c1-12(5-4-6-13(2)17)16(18)20-11-14-7-9-15(19-3)10-8-14/h7-10,12H,4-6,11H2,1-3H3. The van der Waals surface area contributed by atoms with E-state index in [9.17, 15) is 9.59 Å². The maximum absolute atomic E-state index is 11.8. The molecule has 0 N–H and O–H groups in total. The fourth-order valence-corrected chi connectivity index (χ4v) is 1.79. The van der Waals surface area contributed by atoms with Crippen LogP contribution in [0.15, 0.2) is 24.3 Å². The van der Waals surface area contributed by atoms with Crippen molar-refractivity contribution in [1.82, 2.24) is 0 Å². The molecular weight excluding hydrogens is 256 g/mol. The molecule has 1 aromatic rings. The molecule has 4 nitrogen and oxygen atoms in total. The summed E-state index contributed by atoms with van der Waals surface area (Å²) in [5.41, 5.74) is 0.926. The number of benzene rings is 1. The van der Waals surface area contributed by atoms with Crippen molar-refractivity contribution in [2.75, 3.05) is 7.11 Å². The lowest BCUT2D eigenvalue weighted by atomic mass is 10.0. The lowest BCUT2D eigenvalue weighted by Gasteiger charge is -2.11. The van der Waals surface area contributed by atoms with Crippen LogP contribution in [0.1, 0.15) is 38.7 Å². The van der Waals surface area contributed by atoms with Crippen LogP contribution in [-0.2, 0) is 20.9 Å². The molecule has 1 unspecified atom stereocenters. The summed E-state index contributed by atoms with van der Waals surface area (Å²) >= 11 is 0. The Morgan fingerprint density at radius 3 is 2.40 bits per heavy atom. The Hall–Kier alpha value is -1.84. The number of carbonyl (C=O) groups excluding carboxylic acids is 2. The normalized spacial score (nSPS) is 11.8. The summed E-state index contributed by atoms with van der Waals surface area (Å²) in [4.78, 5) is 22.6. The van der Waals surface area contributed by atoms with Gasteiger partial charge in [0.1, 0.15) is 18.1 Å². The summed E-state index contributed by atoms with van der Waals surface area (Å²) < 4.78 is 10.3. The molecule has 20 heavy (non-hydrogen) atoms. The fraction of sp³-hybridized carbons (Fsp3) is 0.500. The first kappa shape index (κ1) is 16.2. The van der Waals surface area contributed by atoms with Crippen LogP contribution in [0.3, 0.4) is 0 Å². The molecule has 0 aliphatic rings. The second kappa shape index (κ2) is 8.35. The van der Waals surface area contributed by atoms with Gasteiger partial charge in [-0.2, -0.15) is 0 Å². The lowest BCUT2D eigenvalue weighted by molar-refractivity contribution is -0.149. The zero-order valence-corrected chi connectivity index (χ0v) is 12.3. The maximum atomic E-state index is 11.8. The number of carbonyl (C=O) groups is 2. The number of methoxy groups -OCH3 is 1. The van der Waals surface area contributed by atoms with Crippen molar-refractivity contribution in [3.05, 3.63) is 29.8 Å². The van der Waals surface area contributed by atoms with Crippen LogP contribution in [0.2, 0.25) is 0 Å².